The highest BCUT2D eigenvalue weighted by Crippen LogP contribution is 2.27. The molecule has 2 aromatic carbocycles. The topological polar surface area (TPSA) is 117 Å². The van der Waals surface area contributed by atoms with Crippen molar-refractivity contribution in [1.82, 2.24) is 15.2 Å². The van der Waals surface area contributed by atoms with Gasteiger partial charge in [-0.05, 0) is 57.9 Å². The molecule has 0 aliphatic rings. The van der Waals surface area contributed by atoms with E-state index in [1.54, 1.807) is 26.0 Å². The van der Waals surface area contributed by atoms with E-state index in [2.05, 4.69) is 25.8 Å². The van der Waals surface area contributed by atoms with Gasteiger partial charge in [-0.2, -0.15) is 0 Å². The second-order valence-electron chi connectivity index (χ2n) is 8.28. The Morgan fingerprint density at radius 3 is 2.29 bits per heavy atom. The highest BCUT2D eigenvalue weighted by Gasteiger charge is 2.20. The van der Waals surface area contributed by atoms with Crippen molar-refractivity contribution in [3.8, 4) is 11.3 Å². The minimum Gasteiger partial charge on any atom is -0.325 e. The summed E-state index contributed by atoms with van der Waals surface area (Å²) >= 11 is 1.11. The largest absolute Gasteiger partial charge is 0.325 e. The summed E-state index contributed by atoms with van der Waals surface area (Å²) in [4.78, 5) is 40.2. The smallest absolute Gasteiger partial charge is 0.278 e. The molecule has 0 aliphatic carbocycles. The lowest BCUT2D eigenvalue weighted by atomic mass is 10.1. The lowest BCUT2D eigenvalue weighted by molar-refractivity contribution is -0.116. The number of benzene rings is 2. The zero-order chi connectivity index (χ0) is 25.0. The summed E-state index contributed by atoms with van der Waals surface area (Å²) in [7, 11) is 0. The Labute approximate surface area is 203 Å². The number of rotatable bonds is 7. The van der Waals surface area contributed by atoms with Gasteiger partial charge in [-0.1, -0.05) is 48.0 Å². The normalized spacial score (nSPS) is 11.7. The molecule has 3 aromatic rings. The number of H-pyrrole nitrogens is 1. The standard InChI is InChI=1S/C25H29N5O3S/c1-7-20(31)26-19-9-8-13(2)12-18(19)22-24(33)28-25(30-29-22)34-17(6)23(32)27-21-15(4)10-14(3)11-16(21)5/h8-12,17H,7H2,1-6H3,(H,26,31)(H,27,32)(H,28,30,33)/t17-/m1/s1. The summed E-state index contributed by atoms with van der Waals surface area (Å²) in [5.74, 6) is -0.365. The van der Waals surface area contributed by atoms with Gasteiger partial charge < -0.3 is 10.6 Å². The number of thioether (sulfide) groups is 1. The lowest BCUT2D eigenvalue weighted by Gasteiger charge is -2.16. The Kier molecular flexibility index (Phi) is 7.88. The van der Waals surface area contributed by atoms with E-state index in [1.165, 1.54) is 0 Å². The molecular weight excluding hydrogens is 450 g/mol. The molecule has 34 heavy (non-hydrogen) atoms. The van der Waals surface area contributed by atoms with Crippen LogP contribution in [0, 0.1) is 27.7 Å². The van der Waals surface area contributed by atoms with E-state index in [0.717, 1.165) is 39.7 Å². The fourth-order valence-corrected chi connectivity index (χ4v) is 4.32. The first-order valence-corrected chi connectivity index (χ1v) is 11.9. The van der Waals surface area contributed by atoms with Crippen molar-refractivity contribution in [3.05, 3.63) is 62.9 Å². The number of amides is 2. The summed E-state index contributed by atoms with van der Waals surface area (Å²) in [5, 5.41) is 13.7. The average molecular weight is 480 g/mol. The van der Waals surface area contributed by atoms with Crippen LogP contribution in [0.5, 0.6) is 0 Å². The van der Waals surface area contributed by atoms with Gasteiger partial charge in [-0.15, -0.1) is 10.2 Å². The second kappa shape index (κ2) is 10.6. The first-order valence-electron chi connectivity index (χ1n) is 11.0. The summed E-state index contributed by atoms with van der Waals surface area (Å²) in [6.07, 6.45) is 0.312. The Bertz CT molecular complexity index is 1280. The zero-order valence-corrected chi connectivity index (χ0v) is 21.0. The van der Waals surface area contributed by atoms with Crippen LogP contribution >= 0.6 is 11.8 Å². The molecule has 0 aliphatic heterocycles. The fourth-order valence-electron chi connectivity index (χ4n) is 3.58. The molecule has 1 heterocycles. The summed E-state index contributed by atoms with van der Waals surface area (Å²) in [5.41, 5.74) is 5.45. The predicted octanol–water partition coefficient (Wildman–Crippen LogP) is 4.53. The molecule has 2 amide bonds. The number of carbonyl (C=O) groups is 2. The SMILES string of the molecule is CCC(=O)Nc1ccc(C)cc1-c1nnc(S[C@H](C)C(=O)Nc2c(C)cc(C)cc2C)[nH]c1=O. The number of hydrogen-bond donors (Lipinski definition) is 3. The molecule has 0 saturated carbocycles. The maximum atomic E-state index is 12.8. The maximum absolute atomic E-state index is 12.8. The molecule has 3 N–H and O–H groups in total. The number of aryl methyl sites for hydroxylation is 4. The van der Waals surface area contributed by atoms with E-state index in [4.69, 9.17) is 0 Å². The lowest BCUT2D eigenvalue weighted by Crippen LogP contribution is -2.24. The Morgan fingerprint density at radius 1 is 1.00 bits per heavy atom. The van der Waals surface area contributed by atoms with Crippen molar-refractivity contribution >= 4 is 35.0 Å². The minimum absolute atomic E-state index is 0.0995. The van der Waals surface area contributed by atoms with E-state index in [1.807, 2.05) is 45.9 Å². The van der Waals surface area contributed by atoms with Gasteiger partial charge in [-0.3, -0.25) is 19.4 Å². The first kappa shape index (κ1) is 25.2. The Morgan fingerprint density at radius 2 is 1.68 bits per heavy atom. The third-order valence-electron chi connectivity index (χ3n) is 5.28. The van der Waals surface area contributed by atoms with Gasteiger partial charge in [0, 0.05) is 17.7 Å². The number of nitrogens with one attached hydrogen (secondary N) is 3. The van der Waals surface area contributed by atoms with Gasteiger partial charge in [0.15, 0.2) is 10.9 Å². The molecule has 0 bridgehead atoms. The Hall–Kier alpha value is -3.46. The molecule has 3 rings (SSSR count). The van der Waals surface area contributed by atoms with E-state index >= 15 is 0 Å². The summed E-state index contributed by atoms with van der Waals surface area (Å²) < 4.78 is 0. The number of aromatic nitrogens is 3. The third-order valence-corrected chi connectivity index (χ3v) is 6.26. The van der Waals surface area contributed by atoms with Crippen LogP contribution in [0.3, 0.4) is 0 Å². The molecule has 1 atom stereocenters. The third kappa shape index (κ3) is 5.91. The molecule has 0 spiro atoms. The van der Waals surface area contributed by atoms with Gasteiger partial charge in [0.2, 0.25) is 11.8 Å². The van der Waals surface area contributed by atoms with Crippen molar-refractivity contribution in [2.24, 2.45) is 0 Å². The van der Waals surface area contributed by atoms with Crippen LogP contribution in [-0.2, 0) is 9.59 Å². The summed E-state index contributed by atoms with van der Waals surface area (Å²) in [6, 6.07) is 9.40. The van der Waals surface area contributed by atoms with Crippen LogP contribution in [-0.4, -0.2) is 32.2 Å². The van der Waals surface area contributed by atoms with Gasteiger partial charge in [0.25, 0.3) is 5.56 Å². The van der Waals surface area contributed by atoms with Gasteiger partial charge in [0.1, 0.15) is 0 Å². The number of hydrogen-bond acceptors (Lipinski definition) is 6. The molecule has 0 unspecified atom stereocenters. The number of aromatic amines is 1. The fraction of sp³-hybridized carbons (Fsp3) is 0.320. The van der Waals surface area contributed by atoms with Crippen molar-refractivity contribution < 1.29 is 9.59 Å². The van der Waals surface area contributed by atoms with Gasteiger partial charge in [-0.25, -0.2) is 0 Å². The van der Waals surface area contributed by atoms with Crippen LogP contribution in [0.2, 0.25) is 0 Å². The number of anilines is 2. The van der Waals surface area contributed by atoms with Crippen molar-refractivity contribution in [1.29, 1.82) is 0 Å². The number of carbonyl (C=O) groups excluding carboxylic acids is 2. The van der Waals surface area contributed by atoms with E-state index < -0.39 is 10.8 Å². The number of nitrogens with zero attached hydrogens (tertiary/aromatic N) is 2. The highest BCUT2D eigenvalue weighted by molar-refractivity contribution is 8.00. The maximum Gasteiger partial charge on any atom is 0.278 e. The van der Waals surface area contributed by atoms with Crippen molar-refractivity contribution in [2.45, 2.75) is 58.4 Å². The first-order chi connectivity index (χ1) is 16.1. The monoisotopic (exact) mass is 479 g/mol. The minimum atomic E-state index is -0.519. The average Bonchev–Trinajstić information content (AvgIpc) is 2.77. The van der Waals surface area contributed by atoms with Gasteiger partial charge in [0.05, 0.1) is 10.9 Å². The van der Waals surface area contributed by atoms with Crippen LogP contribution < -0.4 is 16.2 Å². The van der Waals surface area contributed by atoms with E-state index in [0.29, 0.717) is 17.7 Å². The zero-order valence-electron chi connectivity index (χ0n) is 20.2. The molecule has 1 aromatic heterocycles. The molecule has 0 radical (unpaired) electrons. The quantitative estimate of drug-likeness (QED) is 0.429. The van der Waals surface area contributed by atoms with Crippen LogP contribution in [0.4, 0.5) is 11.4 Å². The molecular formula is C25H29N5O3S. The molecule has 178 valence electrons. The second-order valence-corrected chi connectivity index (χ2v) is 9.61. The molecule has 9 heteroatoms. The van der Waals surface area contributed by atoms with Crippen LogP contribution in [0.25, 0.3) is 11.3 Å². The predicted molar refractivity (Wildman–Crippen MR) is 136 cm³/mol. The molecule has 8 nitrogen and oxygen atoms in total. The van der Waals surface area contributed by atoms with Crippen molar-refractivity contribution in [3.63, 3.8) is 0 Å². The van der Waals surface area contributed by atoms with Crippen molar-refractivity contribution in [2.75, 3.05) is 10.6 Å². The highest BCUT2D eigenvalue weighted by atomic mass is 32.2. The van der Waals surface area contributed by atoms with Crippen LogP contribution in [0.1, 0.15) is 42.5 Å². The molecule has 0 saturated heterocycles. The van der Waals surface area contributed by atoms with Crippen LogP contribution in [0.15, 0.2) is 40.3 Å². The molecule has 0 fully saturated rings. The van der Waals surface area contributed by atoms with Gasteiger partial charge >= 0.3 is 0 Å². The Balaban J connectivity index is 1.80. The summed E-state index contributed by atoms with van der Waals surface area (Å²) in [6.45, 7) is 11.3. The van der Waals surface area contributed by atoms with E-state index in [-0.39, 0.29) is 22.7 Å². The van der Waals surface area contributed by atoms with E-state index in [9.17, 15) is 14.4 Å².